The molecule has 0 N–H and O–H groups in total. The van der Waals surface area contributed by atoms with Crippen LogP contribution in [0.2, 0.25) is 5.02 Å². The highest BCUT2D eigenvalue weighted by atomic mass is 35.5. The zero-order valence-corrected chi connectivity index (χ0v) is 11.9. The van der Waals surface area contributed by atoms with Gasteiger partial charge in [0.2, 0.25) is 0 Å². The van der Waals surface area contributed by atoms with E-state index in [0.29, 0.717) is 0 Å². The van der Waals surface area contributed by atoms with Crippen LogP contribution < -0.4 is 0 Å². The Kier molecular flexibility index (Phi) is 4.55. The van der Waals surface area contributed by atoms with Gasteiger partial charge in [-0.2, -0.15) is 0 Å². The van der Waals surface area contributed by atoms with Gasteiger partial charge in [-0.25, -0.2) is 4.79 Å². The molecule has 0 aliphatic heterocycles. The Bertz CT molecular complexity index is 673. The highest BCUT2D eigenvalue weighted by molar-refractivity contribution is 6.31. The summed E-state index contributed by atoms with van der Waals surface area (Å²) in [6.45, 7) is 1.70. The number of halogens is 1. The van der Waals surface area contributed by atoms with Gasteiger partial charge in [0.15, 0.2) is 0 Å². The lowest BCUT2D eigenvalue weighted by atomic mass is 10.1. The lowest BCUT2D eigenvalue weighted by Crippen LogP contribution is -2.11. The molecule has 0 aromatic heterocycles. The van der Waals surface area contributed by atoms with Crippen LogP contribution in [-0.4, -0.2) is 10.9 Å². The van der Waals surface area contributed by atoms with Crippen LogP contribution in [0.3, 0.4) is 0 Å². The summed E-state index contributed by atoms with van der Waals surface area (Å²) in [5.41, 5.74) is 0.315. The first-order valence-corrected chi connectivity index (χ1v) is 6.56. The topological polar surface area (TPSA) is 69.4 Å². The van der Waals surface area contributed by atoms with Gasteiger partial charge in [0.05, 0.1) is 4.92 Å². The second-order valence-electron chi connectivity index (χ2n) is 4.38. The summed E-state index contributed by atoms with van der Waals surface area (Å²) >= 11 is 5.79. The second kappa shape index (κ2) is 6.37. The highest BCUT2D eigenvalue weighted by Crippen LogP contribution is 2.26. The fourth-order valence-corrected chi connectivity index (χ4v) is 2.02. The number of rotatable bonds is 4. The van der Waals surface area contributed by atoms with Crippen molar-refractivity contribution in [3.63, 3.8) is 0 Å². The van der Waals surface area contributed by atoms with Crippen LogP contribution in [0, 0.1) is 10.1 Å². The summed E-state index contributed by atoms with van der Waals surface area (Å²) in [6.07, 6.45) is -0.516. The van der Waals surface area contributed by atoms with Crippen molar-refractivity contribution < 1.29 is 14.5 Å². The molecule has 0 amide bonds. The molecule has 5 nitrogen and oxygen atoms in total. The van der Waals surface area contributed by atoms with Gasteiger partial charge >= 0.3 is 5.97 Å². The third-order valence-corrected chi connectivity index (χ3v) is 3.16. The van der Waals surface area contributed by atoms with Crippen molar-refractivity contribution in [2.75, 3.05) is 0 Å². The first-order valence-electron chi connectivity index (χ1n) is 6.19. The van der Waals surface area contributed by atoms with E-state index in [0.717, 1.165) is 5.56 Å². The molecule has 1 atom stereocenters. The summed E-state index contributed by atoms with van der Waals surface area (Å²) in [5, 5.41) is 11.2. The van der Waals surface area contributed by atoms with E-state index in [1.165, 1.54) is 18.2 Å². The minimum Gasteiger partial charge on any atom is -0.454 e. The van der Waals surface area contributed by atoms with Crippen LogP contribution in [-0.2, 0) is 4.74 Å². The van der Waals surface area contributed by atoms with Crippen molar-refractivity contribution >= 4 is 23.3 Å². The number of nitro benzene ring substituents is 1. The van der Waals surface area contributed by atoms with Gasteiger partial charge in [0, 0.05) is 11.1 Å². The molecule has 0 aliphatic rings. The molecule has 0 spiro atoms. The van der Waals surface area contributed by atoms with Crippen molar-refractivity contribution in [2.45, 2.75) is 13.0 Å². The average Bonchev–Trinajstić information content (AvgIpc) is 2.47. The molecule has 0 heterocycles. The monoisotopic (exact) mass is 305 g/mol. The Morgan fingerprint density at radius 1 is 1.24 bits per heavy atom. The molecule has 2 aromatic rings. The van der Waals surface area contributed by atoms with Crippen molar-refractivity contribution in [1.29, 1.82) is 0 Å². The number of hydrogen-bond donors (Lipinski definition) is 0. The Morgan fingerprint density at radius 2 is 1.90 bits per heavy atom. The van der Waals surface area contributed by atoms with Crippen LogP contribution in [0.5, 0.6) is 0 Å². The van der Waals surface area contributed by atoms with Crippen LogP contribution in [0.1, 0.15) is 28.9 Å². The minimum atomic E-state index is -0.777. The minimum absolute atomic E-state index is 0.157. The van der Waals surface area contributed by atoms with Crippen molar-refractivity contribution in [1.82, 2.24) is 0 Å². The molecular formula is C15H12ClNO4. The van der Waals surface area contributed by atoms with E-state index in [1.807, 2.05) is 30.3 Å². The first kappa shape index (κ1) is 15.0. The molecule has 108 valence electrons. The molecule has 0 fully saturated rings. The molecule has 21 heavy (non-hydrogen) atoms. The van der Waals surface area contributed by atoms with E-state index in [9.17, 15) is 14.9 Å². The number of ether oxygens (including phenoxy) is 1. The molecule has 0 radical (unpaired) electrons. The maximum Gasteiger partial charge on any atom is 0.345 e. The Hall–Kier alpha value is -2.40. The van der Waals surface area contributed by atoms with E-state index in [-0.39, 0.29) is 16.3 Å². The molecule has 2 aromatic carbocycles. The zero-order chi connectivity index (χ0) is 15.4. The maximum atomic E-state index is 12.1. The average molecular weight is 306 g/mol. The fraction of sp³-hybridized carbons (Fsp3) is 0.133. The number of carbonyl (C=O) groups is 1. The largest absolute Gasteiger partial charge is 0.454 e. The fourth-order valence-electron chi connectivity index (χ4n) is 1.85. The summed E-state index contributed by atoms with van der Waals surface area (Å²) in [7, 11) is 0. The number of hydrogen-bond acceptors (Lipinski definition) is 4. The van der Waals surface area contributed by atoms with Crippen LogP contribution in [0.15, 0.2) is 48.5 Å². The van der Waals surface area contributed by atoms with Gasteiger partial charge < -0.3 is 4.74 Å². The van der Waals surface area contributed by atoms with Gasteiger partial charge in [0.25, 0.3) is 5.69 Å². The molecular weight excluding hydrogens is 294 g/mol. The number of nitro groups is 1. The van der Waals surface area contributed by atoms with E-state index in [2.05, 4.69) is 0 Å². The number of nitrogens with zero attached hydrogens (tertiary/aromatic N) is 1. The van der Waals surface area contributed by atoms with Gasteiger partial charge in [0.1, 0.15) is 11.7 Å². The van der Waals surface area contributed by atoms with Crippen LogP contribution >= 0.6 is 11.6 Å². The van der Waals surface area contributed by atoms with Gasteiger partial charge in [-0.3, -0.25) is 10.1 Å². The highest BCUT2D eigenvalue weighted by Gasteiger charge is 2.23. The zero-order valence-electron chi connectivity index (χ0n) is 11.2. The molecule has 0 unspecified atom stereocenters. The SMILES string of the molecule is C[C@H](OC(=O)c1cc(Cl)ccc1[N+](=O)[O-])c1ccccc1. The summed E-state index contributed by atoms with van der Waals surface area (Å²) in [5.74, 6) is -0.777. The lowest BCUT2D eigenvalue weighted by molar-refractivity contribution is -0.385. The van der Waals surface area contributed by atoms with Gasteiger partial charge in [-0.15, -0.1) is 0 Å². The summed E-state index contributed by atoms with van der Waals surface area (Å²) < 4.78 is 5.27. The Balaban J connectivity index is 2.25. The third kappa shape index (κ3) is 3.58. The predicted molar refractivity (Wildman–Crippen MR) is 78.4 cm³/mol. The maximum absolute atomic E-state index is 12.1. The van der Waals surface area contributed by atoms with E-state index in [4.69, 9.17) is 16.3 Å². The number of carbonyl (C=O) groups excluding carboxylic acids is 1. The standard InChI is InChI=1S/C15H12ClNO4/c1-10(11-5-3-2-4-6-11)21-15(18)13-9-12(16)7-8-14(13)17(19)20/h2-10H,1H3/t10-/m0/s1. The Labute approximate surface area is 126 Å². The normalized spacial score (nSPS) is 11.7. The third-order valence-electron chi connectivity index (χ3n) is 2.93. The molecule has 0 saturated carbocycles. The molecule has 0 bridgehead atoms. The van der Waals surface area contributed by atoms with E-state index >= 15 is 0 Å². The Morgan fingerprint density at radius 3 is 2.52 bits per heavy atom. The predicted octanol–water partition coefficient (Wildman–Crippen LogP) is 4.17. The van der Waals surface area contributed by atoms with Gasteiger partial charge in [-0.1, -0.05) is 41.9 Å². The van der Waals surface area contributed by atoms with Crippen LogP contribution in [0.25, 0.3) is 0 Å². The smallest absolute Gasteiger partial charge is 0.345 e. The van der Waals surface area contributed by atoms with Crippen molar-refractivity contribution in [3.8, 4) is 0 Å². The molecule has 0 aliphatic carbocycles. The summed E-state index contributed by atoms with van der Waals surface area (Å²) in [6, 6.07) is 12.9. The quantitative estimate of drug-likeness (QED) is 0.483. The van der Waals surface area contributed by atoms with E-state index < -0.39 is 17.0 Å². The second-order valence-corrected chi connectivity index (χ2v) is 4.81. The molecule has 2 rings (SSSR count). The molecule has 0 saturated heterocycles. The van der Waals surface area contributed by atoms with Crippen molar-refractivity contribution in [2.24, 2.45) is 0 Å². The van der Waals surface area contributed by atoms with Gasteiger partial charge in [-0.05, 0) is 24.6 Å². The number of benzene rings is 2. The first-order chi connectivity index (χ1) is 9.99. The van der Waals surface area contributed by atoms with Crippen molar-refractivity contribution in [3.05, 3.63) is 74.8 Å². The molecule has 6 heteroatoms. The summed E-state index contributed by atoms with van der Waals surface area (Å²) in [4.78, 5) is 22.4. The van der Waals surface area contributed by atoms with Crippen LogP contribution in [0.4, 0.5) is 5.69 Å². The van der Waals surface area contributed by atoms with E-state index in [1.54, 1.807) is 6.92 Å². The lowest BCUT2D eigenvalue weighted by Gasteiger charge is -2.13. The number of esters is 1.